The third-order valence-electron chi connectivity index (χ3n) is 3.03. The quantitative estimate of drug-likeness (QED) is 0.732. The molecule has 0 aromatic heterocycles. The molecular weight excluding hydrogens is 192 g/mol. The van der Waals surface area contributed by atoms with Crippen molar-refractivity contribution in [1.29, 1.82) is 0 Å². The number of morpholine rings is 1. The lowest BCUT2D eigenvalue weighted by Gasteiger charge is -2.40. The van der Waals surface area contributed by atoms with Gasteiger partial charge in [0.15, 0.2) is 0 Å². The van der Waals surface area contributed by atoms with Gasteiger partial charge in [0.2, 0.25) is 5.91 Å². The average Bonchev–Trinajstić information content (AvgIpc) is 2.20. The number of rotatable bonds is 2. The molecular formula is C11H22N2O2. The third kappa shape index (κ3) is 2.69. The van der Waals surface area contributed by atoms with Crippen LogP contribution in [0.25, 0.3) is 0 Å². The summed E-state index contributed by atoms with van der Waals surface area (Å²) in [4.78, 5) is 14.1. The molecule has 0 saturated carbocycles. The molecule has 0 aliphatic carbocycles. The second-order valence-electron chi connectivity index (χ2n) is 4.83. The summed E-state index contributed by atoms with van der Waals surface area (Å²) < 4.78 is 5.50. The number of likely N-dealkylation sites (N-methyl/N-ethyl adjacent to an activating group) is 1. The zero-order valence-electron chi connectivity index (χ0n) is 10.3. The van der Waals surface area contributed by atoms with Gasteiger partial charge in [0.25, 0.3) is 0 Å². The van der Waals surface area contributed by atoms with Crippen molar-refractivity contribution >= 4 is 5.91 Å². The maximum Gasteiger partial charge on any atom is 0.242 e. The van der Waals surface area contributed by atoms with Crippen LogP contribution in [0.2, 0.25) is 0 Å². The molecule has 0 radical (unpaired) electrons. The Balaban J connectivity index is 2.73. The van der Waals surface area contributed by atoms with Crippen molar-refractivity contribution in [3.8, 4) is 0 Å². The van der Waals surface area contributed by atoms with Crippen LogP contribution in [-0.2, 0) is 9.53 Å². The first-order valence-corrected chi connectivity index (χ1v) is 5.50. The zero-order valence-corrected chi connectivity index (χ0v) is 10.3. The van der Waals surface area contributed by atoms with Gasteiger partial charge in [-0.05, 0) is 34.7 Å². The van der Waals surface area contributed by atoms with Crippen LogP contribution in [0.4, 0.5) is 0 Å². The van der Waals surface area contributed by atoms with Gasteiger partial charge >= 0.3 is 0 Å². The zero-order chi connectivity index (χ0) is 11.6. The van der Waals surface area contributed by atoms with Crippen LogP contribution in [-0.4, -0.2) is 48.7 Å². The Morgan fingerprint density at radius 2 is 2.07 bits per heavy atom. The van der Waals surface area contributed by atoms with E-state index in [1.54, 1.807) is 0 Å². The molecule has 0 bridgehead atoms. The van der Waals surface area contributed by atoms with Gasteiger partial charge < -0.3 is 15.0 Å². The standard InChI is InChI=1S/C11H22N2O2/c1-8-7-15-9(2)6-13(8)10(14)11(3,4)12-5/h8-9,12H,6-7H2,1-5H3. The fraction of sp³-hybridized carbons (Fsp3) is 0.909. The third-order valence-corrected chi connectivity index (χ3v) is 3.03. The van der Waals surface area contributed by atoms with Gasteiger partial charge in [-0.1, -0.05) is 0 Å². The smallest absolute Gasteiger partial charge is 0.242 e. The summed E-state index contributed by atoms with van der Waals surface area (Å²) in [5.41, 5.74) is -0.495. The normalized spacial score (nSPS) is 27.9. The second-order valence-corrected chi connectivity index (χ2v) is 4.83. The number of nitrogens with one attached hydrogen (secondary N) is 1. The van der Waals surface area contributed by atoms with Crippen molar-refractivity contribution in [3.05, 3.63) is 0 Å². The highest BCUT2D eigenvalue weighted by Crippen LogP contribution is 2.16. The lowest BCUT2D eigenvalue weighted by Crippen LogP contribution is -2.59. The first kappa shape index (κ1) is 12.5. The number of hydrogen-bond donors (Lipinski definition) is 1. The van der Waals surface area contributed by atoms with Crippen LogP contribution < -0.4 is 5.32 Å². The minimum absolute atomic E-state index is 0.137. The Labute approximate surface area is 92.0 Å². The van der Waals surface area contributed by atoms with Crippen molar-refractivity contribution in [2.75, 3.05) is 20.2 Å². The SMILES string of the molecule is CNC(C)(C)C(=O)N1CC(C)OCC1C. The van der Waals surface area contributed by atoms with E-state index >= 15 is 0 Å². The lowest BCUT2D eigenvalue weighted by molar-refractivity contribution is -0.148. The van der Waals surface area contributed by atoms with Gasteiger partial charge in [0.05, 0.1) is 24.3 Å². The van der Waals surface area contributed by atoms with Gasteiger partial charge in [-0.15, -0.1) is 0 Å². The lowest BCUT2D eigenvalue weighted by atomic mass is 10.0. The summed E-state index contributed by atoms with van der Waals surface area (Å²) in [7, 11) is 1.81. The molecule has 1 N–H and O–H groups in total. The highest BCUT2D eigenvalue weighted by Gasteiger charge is 2.35. The van der Waals surface area contributed by atoms with Gasteiger partial charge in [-0.2, -0.15) is 0 Å². The number of amides is 1. The topological polar surface area (TPSA) is 41.6 Å². The number of carbonyl (C=O) groups is 1. The second kappa shape index (κ2) is 4.49. The molecule has 0 aromatic carbocycles. The molecule has 1 saturated heterocycles. The van der Waals surface area contributed by atoms with E-state index in [0.29, 0.717) is 13.2 Å². The maximum atomic E-state index is 12.2. The van der Waals surface area contributed by atoms with E-state index in [-0.39, 0.29) is 18.1 Å². The van der Waals surface area contributed by atoms with Crippen LogP contribution in [0.5, 0.6) is 0 Å². The maximum absolute atomic E-state index is 12.2. The molecule has 1 amide bonds. The summed E-state index contributed by atoms with van der Waals surface area (Å²) >= 11 is 0. The van der Waals surface area contributed by atoms with Crippen LogP contribution in [0.3, 0.4) is 0 Å². The predicted molar refractivity (Wildman–Crippen MR) is 59.7 cm³/mol. The molecule has 1 aliphatic heterocycles. The fourth-order valence-electron chi connectivity index (χ4n) is 1.65. The Morgan fingerprint density at radius 1 is 1.47 bits per heavy atom. The van der Waals surface area contributed by atoms with E-state index in [2.05, 4.69) is 5.32 Å². The summed E-state index contributed by atoms with van der Waals surface area (Å²) in [5.74, 6) is 0.146. The van der Waals surface area contributed by atoms with Crippen molar-refractivity contribution in [1.82, 2.24) is 10.2 Å². The van der Waals surface area contributed by atoms with Gasteiger partial charge in [0.1, 0.15) is 0 Å². The summed E-state index contributed by atoms with van der Waals surface area (Å²) in [5, 5.41) is 3.04. The molecule has 4 nitrogen and oxygen atoms in total. The highest BCUT2D eigenvalue weighted by molar-refractivity contribution is 5.85. The summed E-state index contributed by atoms with van der Waals surface area (Å²) in [6, 6.07) is 0.168. The fourth-order valence-corrected chi connectivity index (χ4v) is 1.65. The van der Waals surface area contributed by atoms with E-state index in [1.165, 1.54) is 0 Å². The van der Waals surface area contributed by atoms with Crippen LogP contribution in [0, 0.1) is 0 Å². The molecule has 0 spiro atoms. The largest absolute Gasteiger partial charge is 0.375 e. The predicted octanol–water partition coefficient (Wildman–Crippen LogP) is 0.620. The number of ether oxygens (including phenoxy) is 1. The number of nitrogens with zero attached hydrogens (tertiary/aromatic N) is 1. The summed E-state index contributed by atoms with van der Waals surface area (Å²) in [6.45, 7) is 9.15. The van der Waals surface area contributed by atoms with Crippen molar-refractivity contribution in [2.24, 2.45) is 0 Å². The van der Waals surface area contributed by atoms with Crippen LogP contribution >= 0.6 is 0 Å². The summed E-state index contributed by atoms with van der Waals surface area (Å²) in [6.07, 6.45) is 0.137. The minimum atomic E-state index is -0.495. The molecule has 4 heteroatoms. The molecule has 2 unspecified atom stereocenters. The Bertz CT molecular complexity index is 241. The molecule has 15 heavy (non-hydrogen) atoms. The highest BCUT2D eigenvalue weighted by atomic mass is 16.5. The number of hydrogen-bond acceptors (Lipinski definition) is 3. The van der Waals surface area contributed by atoms with Crippen molar-refractivity contribution < 1.29 is 9.53 Å². The first-order valence-electron chi connectivity index (χ1n) is 5.50. The first-order chi connectivity index (χ1) is 6.88. The van der Waals surface area contributed by atoms with Crippen molar-refractivity contribution in [2.45, 2.75) is 45.4 Å². The molecule has 1 heterocycles. The molecule has 1 rings (SSSR count). The van der Waals surface area contributed by atoms with Gasteiger partial charge in [0, 0.05) is 6.54 Å². The van der Waals surface area contributed by atoms with Crippen LogP contribution in [0.15, 0.2) is 0 Å². The molecule has 0 aromatic rings. The Morgan fingerprint density at radius 3 is 2.60 bits per heavy atom. The van der Waals surface area contributed by atoms with Crippen LogP contribution in [0.1, 0.15) is 27.7 Å². The molecule has 1 aliphatic rings. The average molecular weight is 214 g/mol. The van der Waals surface area contributed by atoms with E-state index in [4.69, 9.17) is 4.74 Å². The molecule has 2 atom stereocenters. The Kier molecular flexibility index (Phi) is 3.73. The Hall–Kier alpha value is -0.610. The minimum Gasteiger partial charge on any atom is -0.375 e. The number of carbonyl (C=O) groups excluding carboxylic acids is 1. The van der Waals surface area contributed by atoms with E-state index in [9.17, 15) is 4.79 Å². The van der Waals surface area contributed by atoms with E-state index in [0.717, 1.165) is 0 Å². The van der Waals surface area contributed by atoms with Gasteiger partial charge in [-0.25, -0.2) is 0 Å². The monoisotopic (exact) mass is 214 g/mol. The van der Waals surface area contributed by atoms with Gasteiger partial charge in [-0.3, -0.25) is 4.79 Å². The van der Waals surface area contributed by atoms with Crippen molar-refractivity contribution in [3.63, 3.8) is 0 Å². The molecule has 1 fully saturated rings. The van der Waals surface area contributed by atoms with E-state index in [1.807, 2.05) is 39.6 Å². The van der Waals surface area contributed by atoms with E-state index < -0.39 is 5.54 Å². The molecule has 88 valence electrons.